The van der Waals surface area contributed by atoms with Gasteiger partial charge < -0.3 is 15.2 Å². The number of carbonyl (C=O) groups excluding carboxylic acids is 1. The van der Waals surface area contributed by atoms with Crippen molar-refractivity contribution < 1.29 is 14.3 Å². The summed E-state index contributed by atoms with van der Waals surface area (Å²) in [5.41, 5.74) is 7.05. The number of nitrogens with two attached hydrogens (primary N) is 1. The molecule has 4 nitrogen and oxygen atoms in total. The zero-order valence-electron chi connectivity index (χ0n) is 9.46. The van der Waals surface area contributed by atoms with Gasteiger partial charge in [-0.15, -0.1) is 0 Å². The highest BCUT2D eigenvalue weighted by molar-refractivity contribution is 5.76. The first-order valence-corrected chi connectivity index (χ1v) is 5.54. The average molecular weight is 233 g/mol. The molecule has 0 atom stereocenters. The molecule has 0 radical (unpaired) electrons. The van der Waals surface area contributed by atoms with Crippen molar-refractivity contribution >= 4 is 12.0 Å². The first-order valence-electron chi connectivity index (χ1n) is 5.54. The van der Waals surface area contributed by atoms with E-state index in [-0.39, 0.29) is 18.6 Å². The van der Waals surface area contributed by atoms with Gasteiger partial charge in [0.1, 0.15) is 0 Å². The van der Waals surface area contributed by atoms with E-state index in [0.717, 1.165) is 11.1 Å². The van der Waals surface area contributed by atoms with Gasteiger partial charge in [-0.3, -0.25) is 4.79 Å². The quantitative estimate of drug-likeness (QED) is 0.859. The highest BCUT2D eigenvalue weighted by atomic mass is 16.7. The van der Waals surface area contributed by atoms with E-state index in [1.165, 1.54) is 0 Å². The number of hydrogen-bond donors (Lipinski definition) is 1. The molecule has 90 valence electrons. The molecule has 1 fully saturated rings. The van der Waals surface area contributed by atoms with Gasteiger partial charge in [0, 0.05) is 12.0 Å². The summed E-state index contributed by atoms with van der Waals surface area (Å²) >= 11 is 0. The summed E-state index contributed by atoms with van der Waals surface area (Å²) in [6.45, 7) is 1.26. The van der Waals surface area contributed by atoms with Crippen LogP contribution in [0, 0.1) is 0 Å². The molecule has 0 aliphatic carbocycles. The maximum absolute atomic E-state index is 10.6. The largest absolute Gasteiger partial charge is 0.369 e. The third-order valence-electron chi connectivity index (χ3n) is 2.43. The Bertz CT molecular complexity index is 422. The van der Waals surface area contributed by atoms with Gasteiger partial charge in [-0.05, 0) is 11.6 Å². The molecular formula is C13H15NO3. The maximum atomic E-state index is 10.6. The van der Waals surface area contributed by atoms with Crippen LogP contribution >= 0.6 is 0 Å². The van der Waals surface area contributed by atoms with Crippen molar-refractivity contribution in [1.82, 2.24) is 0 Å². The van der Waals surface area contributed by atoms with Crippen molar-refractivity contribution in [2.24, 2.45) is 5.73 Å². The van der Waals surface area contributed by atoms with Crippen LogP contribution in [0.15, 0.2) is 30.3 Å². The second kappa shape index (κ2) is 5.61. The van der Waals surface area contributed by atoms with Gasteiger partial charge in [0.2, 0.25) is 5.91 Å². The van der Waals surface area contributed by atoms with Crippen molar-refractivity contribution in [2.45, 2.75) is 12.7 Å². The van der Waals surface area contributed by atoms with Crippen LogP contribution in [-0.4, -0.2) is 19.1 Å². The molecule has 0 spiro atoms. The predicted octanol–water partition coefficient (Wildman–Crippen LogP) is 1.62. The molecule has 1 saturated heterocycles. The Hall–Kier alpha value is -1.65. The third kappa shape index (κ3) is 3.41. The van der Waals surface area contributed by atoms with E-state index in [1.54, 1.807) is 6.08 Å². The van der Waals surface area contributed by atoms with Crippen LogP contribution in [0.5, 0.6) is 0 Å². The Labute approximate surface area is 100 Å². The summed E-state index contributed by atoms with van der Waals surface area (Å²) in [6, 6.07) is 7.83. The number of benzene rings is 1. The van der Waals surface area contributed by atoms with E-state index in [1.807, 2.05) is 30.3 Å². The Morgan fingerprint density at radius 3 is 2.88 bits per heavy atom. The predicted molar refractivity (Wildman–Crippen MR) is 63.9 cm³/mol. The smallest absolute Gasteiger partial charge is 0.221 e. The number of hydrogen-bond acceptors (Lipinski definition) is 3. The highest BCUT2D eigenvalue weighted by Gasteiger charge is 2.17. The summed E-state index contributed by atoms with van der Waals surface area (Å²) < 4.78 is 10.8. The molecule has 1 aromatic carbocycles. The molecule has 17 heavy (non-hydrogen) atoms. The van der Waals surface area contributed by atoms with E-state index in [4.69, 9.17) is 15.2 Å². The van der Waals surface area contributed by atoms with Gasteiger partial charge in [-0.2, -0.15) is 0 Å². The van der Waals surface area contributed by atoms with Crippen LogP contribution in [0.2, 0.25) is 0 Å². The van der Waals surface area contributed by atoms with Crippen LogP contribution in [-0.2, 0) is 14.3 Å². The lowest BCUT2D eigenvalue weighted by Gasteiger charge is -2.09. The molecule has 1 aromatic rings. The minimum Gasteiger partial charge on any atom is -0.369 e. The van der Waals surface area contributed by atoms with Crippen molar-refractivity contribution in [1.29, 1.82) is 0 Å². The molecule has 1 aliphatic heterocycles. The molecule has 0 unspecified atom stereocenters. The number of rotatable bonds is 4. The Morgan fingerprint density at radius 1 is 1.41 bits per heavy atom. The summed E-state index contributed by atoms with van der Waals surface area (Å²) in [4.78, 5) is 10.6. The van der Waals surface area contributed by atoms with Gasteiger partial charge in [-0.1, -0.05) is 30.4 Å². The van der Waals surface area contributed by atoms with Crippen molar-refractivity contribution in [3.63, 3.8) is 0 Å². The molecule has 0 saturated carbocycles. The SMILES string of the molecule is NC(=O)CC=Cc1cccc(C2OCCO2)c1. The number of primary amides is 1. The minimum atomic E-state index is -0.333. The van der Waals surface area contributed by atoms with Crippen LogP contribution in [0.1, 0.15) is 23.8 Å². The van der Waals surface area contributed by atoms with Gasteiger partial charge in [0.05, 0.1) is 13.2 Å². The maximum Gasteiger partial charge on any atom is 0.221 e. The fourth-order valence-electron chi connectivity index (χ4n) is 1.67. The number of carbonyl (C=O) groups is 1. The molecule has 0 aromatic heterocycles. The van der Waals surface area contributed by atoms with Crippen LogP contribution in [0.3, 0.4) is 0 Å². The van der Waals surface area contributed by atoms with Crippen LogP contribution < -0.4 is 5.73 Å². The highest BCUT2D eigenvalue weighted by Crippen LogP contribution is 2.24. The fraction of sp³-hybridized carbons (Fsp3) is 0.308. The van der Waals surface area contributed by atoms with E-state index in [9.17, 15) is 4.79 Å². The zero-order valence-corrected chi connectivity index (χ0v) is 9.46. The van der Waals surface area contributed by atoms with E-state index < -0.39 is 0 Å². The summed E-state index contributed by atoms with van der Waals surface area (Å²) in [7, 11) is 0. The molecule has 2 N–H and O–H groups in total. The van der Waals surface area contributed by atoms with Gasteiger partial charge in [0.25, 0.3) is 0 Å². The first-order chi connectivity index (χ1) is 8.25. The minimum absolute atomic E-state index is 0.251. The Balaban J connectivity index is 2.05. The number of amides is 1. The normalized spacial score (nSPS) is 16.7. The number of ether oxygens (including phenoxy) is 2. The Kier molecular flexibility index (Phi) is 3.90. The van der Waals surface area contributed by atoms with Crippen molar-refractivity contribution in [2.75, 3.05) is 13.2 Å². The first kappa shape index (κ1) is 11.8. The summed E-state index contributed by atoms with van der Waals surface area (Å²) in [6.07, 6.45) is 3.60. The van der Waals surface area contributed by atoms with Crippen molar-refractivity contribution in [3.8, 4) is 0 Å². The van der Waals surface area contributed by atoms with Gasteiger partial charge in [-0.25, -0.2) is 0 Å². The molecule has 0 bridgehead atoms. The lowest BCUT2D eigenvalue weighted by Crippen LogP contribution is -2.07. The topological polar surface area (TPSA) is 61.6 Å². The lowest BCUT2D eigenvalue weighted by atomic mass is 10.1. The van der Waals surface area contributed by atoms with Gasteiger partial charge in [0.15, 0.2) is 6.29 Å². The molecular weight excluding hydrogens is 218 g/mol. The van der Waals surface area contributed by atoms with Crippen molar-refractivity contribution in [3.05, 3.63) is 41.5 Å². The van der Waals surface area contributed by atoms with E-state index in [2.05, 4.69) is 0 Å². The van der Waals surface area contributed by atoms with E-state index in [0.29, 0.717) is 13.2 Å². The van der Waals surface area contributed by atoms with Crippen LogP contribution in [0.4, 0.5) is 0 Å². The lowest BCUT2D eigenvalue weighted by molar-refractivity contribution is -0.117. The fourth-order valence-corrected chi connectivity index (χ4v) is 1.67. The Morgan fingerprint density at radius 2 is 2.18 bits per heavy atom. The second-order valence-electron chi connectivity index (χ2n) is 3.82. The third-order valence-corrected chi connectivity index (χ3v) is 2.43. The monoisotopic (exact) mass is 233 g/mol. The average Bonchev–Trinajstić information content (AvgIpc) is 2.82. The summed E-state index contributed by atoms with van der Waals surface area (Å²) in [5, 5.41) is 0. The van der Waals surface area contributed by atoms with Gasteiger partial charge >= 0.3 is 0 Å². The zero-order chi connectivity index (χ0) is 12.1. The molecule has 2 rings (SSSR count). The molecule has 4 heteroatoms. The standard InChI is InChI=1S/C13H15NO3/c14-12(15)6-2-4-10-3-1-5-11(9-10)13-16-7-8-17-13/h1-5,9,13H,6-8H2,(H2,14,15). The summed E-state index contributed by atoms with van der Waals surface area (Å²) in [5.74, 6) is -0.333. The van der Waals surface area contributed by atoms with Crippen LogP contribution in [0.25, 0.3) is 6.08 Å². The second-order valence-corrected chi connectivity index (χ2v) is 3.82. The molecule has 1 amide bonds. The van der Waals surface area contributed by atoms with E-state index >= 15 is 0 Å². The molecule has 1 aliphatic rings. The molecule has 1 heterocycles.